The Bertz CT molecular complexity index is 1210. The molecule has 0 unspecified atom stereocenters. The number of aromatic nitrogens is 1. The molecule has 5 rings (SSSR count). The van der Waals surface area contributed by atoms with Crippen molar-refractivity contribution in [3.8, 4) is 0 Å². The zero-order valence-corrected chi connectivity index (χ0v) is 16.9. The highest BCUT2D eigenvalue weighted by Gasteiger charge is 2.34. The zero-order chi connectivity index (χ0) is 20.0. The number of H-pyrrole nitrogens is 1. The smallest absolute Gasteiger partial charge is 0.254 e. The molecule has 1 aliphatic rings. The minimum absolute atomic E-state index is 0.00220. The fourth-order valence-electron chi connectivity index (χ4n) is 4.34. The number of aryl methyl sites for hydroxylation is 1. The number of amides is 1. The van der Waals surface area contributed by atoms with Crippen molar-refractivity contribution in [3.05, 3.63) is 106 Å². The third-order valence-corrected chi connectivity index (χ3v) is 6.00. The molecule has 0 radical (unpaired) electrons. The number of halogens is 1. The molecule has 0 fully saturated rings. The molecule has 1 aromatic heterocycles. The van der Waals surface area contributed by atoms with Gasteiger partial charge in [0, 0.05) is 33.7 Å². The van der Waals surface area contributed by atoms with E-state index < -0.39 is 0 Å². The van der Waals surface area contributed by atoms with E-state index in [1.807, 2.05) is 23.1 Å². The number of para-hydroxylation sites is 1. The lowest BCUT2D eigenvalue weighted by Gasteiger charge is -2.36. The van der Waals surface area contributed by atoms with Gasteiger partial charge in [-0.15, -0.1) is 0 Å². The summed E-state index contributed by atoms with van der Waals surface area (Å²) in [5.74, 6) is 0.00220. The summed E-state index contributed by atoms with van der Waals surface area (Å²) in [5, 5.41) is 1.82. The number of fused-ring (bicyclic) bond motifs is 3. The SMILES string of the molecule is Cc1ccc([C@@H]2c3[nH]c4ccccc4c3CCN2C(=O)c2cccc(Cl)c2)cc1. The van der Waals surface area contributed by atoms with Crippen molar-refractivity contribution in [1.82, 2.24) is 9.88 Å². The van der Waals surface area contributed by atoms with Crippen LogP contribution in [0.15, 0.2) is 72.8 Å². The van der Waals surface area contributed by atoms with Crippen LogP contribution < -0.4 is 0 Å². The molecule has 144 valence electrons. The van der Waals surface area contributed by atoms with Crippen LogP contribution in [0.25, 0.3) is 10.9 Å². The molecule has 0 spiro atoms. The molecule has 2 heterocycles. The van der Waals surface area contributed by atoms with Crippen molar-refractivity contribution >= 4 is 28.4 Å². The van der Waals surface area contributed by atoms with E-state index in [0.717, 1.165) is 23.2 Å². The van der Waals surface area contributed by atoms with E-state index in [0.29, 0.717) is 17.1 Å². The predicted molar refractivity (Wildman–Crippen MR) is 118 cm³/mol. The molecule has 1 N–H and O–H groups in total. The Morgan fingerprint density at radius 3 is 2.62 bits per heavy atom. The fraction of sp³-hybridized carbons (Fsp3) is 0.160. The van der Waals surface area contributed by atoms with Gasteiger partial charge in [-0.3, -0.25) is 4.79 Å². The van der Waals surface area contributed by atoms with E-state index >= 15 is 0 Å². The number of benzene rings is 3. The Morgan fingerprint density at radius 2 is 1.83 bits per heavy atom. The first kappa shape index (κ1) is 18.0. The highest BCUT2D eigenvalue weighted by atomic mass is 35.5. The van der Waals surface area contributed by atoms with Gasteiger partial charge in [-0.05, 0) is 48.7 Å². The van der Waals surface area contributed by atoms with Crippen LogP contribution in [0.1, 0.15) is 38.8 Å². The second-order valence-electron chi connectivity index (χ2n) is 7.63. The van der Waals surface area contributed by atoms with E-state index in [4.69, 9.17) is 11.6 Å². The summed E-state index contributed by atoms with van der Waals surface area (Å²) < 4.78 is 0. The molecule has 29 heavy (non-hydrogen) atoms. The summed E-state index contributed by atoms with van der Waals surface area (Å²) in [6.45, 7) is 2.74. The van der Waals surface area contributed by atoms with Crippen molar-refractivity contribution < 1.29 is 4.79 Å². The molecule has 0 aliphatic carbocycles. The van der Waals surface area contributed by atoms with E-state index in [1.165, 1.54) is 16.5 Å². The molecule has 1 atom stereocenters. The maximum absolute atomic E-state index is 13.5. The molecule has 3 nitrogen and oxygen atoms in total. The molecule has 1 aliphatic heterocycles. The molecular weight excluding hydrogens is 380 g/mol. The van der Waals surface area contributed by atoms with E-state index in [1.54, 1.807) is 12.1 Å². The van der Waals surface area contributed by atoms with Crippen LogP contribution in [-0.2, 0) is 6.42 Å². The maximum atomic E-state index is 13.5. The summed E-state index contributed by atoms with van der Waals surface area (Å²) in [6, 6.07) is 23.9. The molecule has 3 aromatic carbocycles. The first-order valence-corrected chi connectivity index (χ1v) is 10.2. The molecule has 1 amide bonds. The van der Waals surface area contributed by atoms with Gasteiger partial charge < -0.3 is 9.88 Å². The molecule has 0 bridgehead atoms. The topological polar surface area (TPSA) is 36.1 Å². The molecule has 0 saturated heterocycles. The summed E-state index contributed by atoms with van der Waals surface area (Å²) in [4.78, 5) is 19.1. The average Bonchev–Trinajstić information content (AvgIpc) is 3.12. The second kappa shape index (κ2) is 7.09. The number of nitrogens with one attached hydrogen (secondary N) is 1. The van der Waals surface area contributed by atoms with Gasteiger partial charge in [0.1, 0.15) is 0 Å². The molecule has 0 saturated carbocycles. The van der Waals surface area contributed by atoms with Crippen molar-refractivity contribution in [2.75, 3.05) is 6.54 Å². The van der Waals surface area contributed by atoms with Gasteiger partial charge >= 0.3 is 0 Å². The number of carbonyl (C=O) groups excluding carboxylic acids is 1. The third kappa shape index (κ3) is 3.12. The lowest BCUT2D eigenvalue weighted by Crippen LogP contribution is -2.40. The average molecular weight is 401 g/mol. The van der Waals surface area contributed by atoms with E-state index in [-0.39, 0.29) is 11.9 Å². The fourth-order valence-corrected chi connectivity index (χ4v) is 4.53. The van der Waals surface area contributed by atoms with Gasteiger partial charge in [0.05, 0.1) is 6.04 Å². The van der Waals surface area contributed by atoms with Crippen molar-refractivity contribution in [1.29, 1.82) is 0 Å². The second-order valence-corrected chi connectivity index (χ2v) is 8.07. The van der Waals surface area contributed by atoms with Crippen LogP contribution in [0.3, 0.4) is 0 Å². The number of aromatic amines is 1. The van der Waals surface area contributed by atoms with Crippen LogP contribution in [-0.4, -0.2) is 22.3 Å². The van der Waals surface area contributed by atoms with E-state index in [9.17, 15) is 4.79 Å². The minimum atomic E-state index is -0.154. The third-order valence-electron chi connectivity index (χ3n) is 5.76. The summed E-state index contributed by atoms with van der Waals surface area (Å²) >= 11 is 6.16. The quantitative estimate of drug-likeness (QED) is 0.445. The number of nitrogens with zero attached hydrogens (tertiary/aromatic N) is 1. The zero-order valence-electron chi connectivity index (χ0n) is 16.2. The highest BCUT2D eigenvalue weighted by Crippen LogP contribution is 2.39. The first-order chi connectivity index (χ1) is 14.1. The number of rotatable bonds is 2. The Hall–Kier alpha value is -3.04. The number of hydrogen-bond acceptors (Lipinski definition) is 1. The van der Waals surface area contributed by atoms with Crippen LogP contribution >= 0.6 is 11.6 Å². The van der Waals surface area contributed by atoms with Gasteiger partial charge in [-0.25, -0.2) is 0 Å². The number of hydrogen-bond donors (Lipinski definition) is 1. The predicted octanol–water partition coefficient (Wildman–Crippen LogP) is 5.92. The standard InChI is InChI=1S/C25H21ClN2O/c1-16-9-11-17(12-10-16)24-23-21(20-7-2-3-8-22(20)27-23)13-14-28(24)25(29)18-5-4-6-19(26)15-18/h2-12,15,24,27H,13-14H2,1H3/t24-/m1/s1. The van der Waals surface area contributed by atoms with Gasteiger partial charge in [-0.1, -0.05) is 65.7 Å². The normalized spacial score (nSPS) is 16.1. The molecule has 4 heteroatoms. The lowest BCUT2D eigenvalue weighted by atomic mass is 9.91. The van der Waals surface area contributed by atoms with Gasteiger partial charge in [-0.2, -0.15) is 0 Å². The summed E-state index contributed by atoms with van der Waals surface area (Å²) in [6.07, 6.45) is 0.827. The Labute approximate surface area is 174 Å². The van der Waals surface area contributed by atoms with Crippen molar-refractivity contribution in [3.63, 3.8) is 0 Å². The molecular formula is C25H21ClN2O. The van der Waals surface area contributed by atoms with Crippen LogP contribution in [0.2, 0.25) is 5.02 Å². The van der Waals surface area contributed by atoms with Crippen LogP contribution in [0.4, 0.5) is 0 Å². The van der Waals surface area contributed by atoms with Crippen molar-refractivity contribution in [2.24, 2.45) is 0 Å². The van der Waals surface area contributed by atoms with Crippen molar-refractivity contribution in [2.45, 2.75) is 19.4 Å². The van der Waals surface area contributed by atoms with Gasteiger partial charge in [0.15, 0.2) is 0 Å². The van der Waals surface area contributed by atoms with Gasteiger partial charge in [0.2, 0.25) is 0 Å². The van der Waals surface area contributed by atoms with Crippen LogP contribution in [0, 0.1) is 6.92 Å². The van der Waals surface area contributed by atoms with E-state index in [2.05, 4.69) is 54.4 Å². The Kier molecular flexibility index (Phi) is 4.40. The Balaban J connectivity index is 1.66. The largest absolute Gasteiger partial charge is 0.356 e. The first-order valence-electron chi connectivity index (χ1n) is 9.84. The van der Waals surface area contributed by atoms with Crippen LogP contribution in [0.5, 0.6) is 0 Å². The Morgan fingerprint density at radius 1 is 1.03 bits per heavy atom. The summed E-state index contributed by atoms with van der Waals surface area (Å²) in [5.41, 5.74) is 6.46. The molecule has 4 aromatic rings. The monoisotopic (exact) mass is 400 g/mol. The minimum Gasteiger partial charge on any atom is -0.356 e. The summed E-state index contributed by atoms with van der Waals surface area (Å²) in [7, 11) is 0. The lowest BCUT2D eigenvalue weighted by molar-refractivity contribution is 0.0692. The number of carbonyl (C=O) groups is 1. The highest BCUT2D eigenvalue weighted by molar-refractivity contribution is 6.31. The maximum Gasteiger partial charge on any atom is 0.254 e. The van der Waals surface area contributed by atoms with Gasteiger partial charge in [0.25, 0.3) is 5.91 Å².